The summed E-state index contributed by atoms with van der Waals surface area (Å²) < 4.78 is 29.1. The summed E-state index contributed by atoms with van der Waals surface area (Å²) in [4.78, 5) is 17.1. The van der Waals surface area contributed by atoms with Crippen molar-refractivity contribution in [3.05, 3.63) is 40.2 Å². The number of aryl methyl sites for hydroxylation is 1. The number of carbonyl (C=O) groups is 1. The average Bonchev–Trinajstić information content (AvgIpc) is 3.28. The van der Waals surface area contributed by atoms with E-state index in [0.717, 1.165) is 22.0 Å². The number of nitrogens with one attached hydrogen (secondary N) is 1. The zero-order valence-electron chi connectivity index (χ0n) is 14.2. The molecule has 1 N–H and O–H groups in total. The number of amides is 1. The number of quaternary nitrogens is 1. The molecule has 2 aliphatic heterocycles. The summed E-state index contributed by atoms with van der Waals surface area (Å²) in [5, 5.41) is 0.973. The summed E-state index contributed by atoms with van der Waals surface area (Å²) >= 11 is 1.63. The Kier molecular flexibility index (Phi) is 4.01. The van der Waals surface area contributed by atoms with Crippen LogP contribution in [0.1, 0.15) is 33.0 Å². The van der Waals surface area contributed by atoms with Gasteiger partial charge in [-0.1, -0.05) is 0 Å². The Hall–Kier alpha value is -1.64. The Labute approximate surface area is 151 Å². The van der Waals surface area contributed by atoms with Crippen molar-refractivity contribution < 1.29 is 22.5 Å². The molecule has 2 aliphatic rings. The van der Waals surface area contributed by atoms with E-state index < -0.39 is 9.84 Å². The van der Waals surface area contributed by atoms with E-state index in [1.54, 1.807) is 28.4 Å². The predicted molar refractivity (Wildman–Crippen MR) is 95.9 cm³/mol. The molecule has 1 unspecified atom stereocenters. The maximum atomic E-state index is 12.9. The van der Waals surface area contributed by atoms with E-state index in [0.29, 0.717) is 18.8 Å². The van der Waals surface area contributed by atoms with Gasteiger partial charge < -0.3 is 9.32 Å². The molecule has 8 heteroatoms. The highest BCUT2D eigenvalue weighted by molar-refractivity contribution is 7.91. The molecule has 2 aromatic heterocycles. The van der Waals surface area contributed by atoms with Crippen LogP contribution in [0, 0.1) is 13.8 Å². The molecule has 0 radical (unpaired) electrons. The fourth-order valence-electron chi connectivity index (χ4n) is 3.73. The monoisotopic (exact) mass is 381 g/mol. The predicted octanol–water partition coefficient (Wildman–Crippen LogP) is 1.15. The number of hydrogen-bond acceptors (Lipinski definition) is 5. The molecular formula is C17H21N2O4S2+. The first-order chi connectivity index (χ1) is 11.9. The van der Waals surface area contributed by atoms with E-state index in [2.05, 4.69) is 13.8 Å². The van der Waals surface area contributed by atoms with Crippen LogP contribution < -0.4 is 9.80 Å². The van der Waals surface area contributed by atoms with Crippen molar-refractivity contribution in [3.8, 4) is 0 Å². The number of fused-ring (bicyclic) bond motifs is 1. The van der Waals surface area contributed by atoms with Crippen molar-refractivity contribution in [2.45, 2.75) is 32.9 Å². The summed E-state index contributed by atoms with van der Waals surface area (Å²) in [5.41, 5.74) is 2.36. The van der Waals surface area contributed by atoms with Gasteiger partial charge in [-0.15, -0.1) is 11.3 Å². The topological polar surface area (TPSA) is 72.0 Å². The van der Waals surface area contributed by atoms with Gasteiger partial charge in [0.1, 0.15) is 23.3 Å². The van der Waals surface area contributed by atoms with E-state index >= 15 is 0 Å². The first-order valence-electron chi connectivity index (χ1n) is 8.35. The average molecular weight is 381 g/mol. The zero-order chi connectivity index (χ0) is 17.8. The van der Waals surface area contributed by atoms with Gasteiger partial charge in [-0.3, -0.25) is 4.79 Å². The first kappa shape index (κ1) is 16.8. The van der Waals surface area contributed by atoms with E-state index in [-0.39, 0.29) is 23.5 Å². The number of hydrogen-bond donors (Lipinski definition) is 1. The van der Waals surface area contributed by atoms with Gasteiger partial charge in [-0.05, 0) is 31.5 Å². The lowest BCUT2D eigenvalue weighted by molar-refractivity contribution is -0.936. The fraction of sp³-hybridized carbons (Fsp3) is 0.471. The van der Waals surface area contributed by atoms with Gasteiger partial charge in [0.15, 0.2) is 22.3 Å². The second-order valence-electron chi connectivity index (χ2n) is 6.87. The van der Waals surface area contributed by atoms with Crippen molar-refractivity contribution in [1.29, 1.82) is 0 Å². The highest BCUT2D eigenvalue weighted by Gasteiger charge is 2.41. The van der Waals surface area contributed by atoms with E-state index in [9.17, 15) is 13.2 Å². The largest absolute Gasteiger partial charge is 0.459 e. The Bertz CT molecular complexity index is 915. The van der Waals surface area contributed by atoms with E-state index in [1.165, 1.54) is 16.7 Å². The van der Waals surface area contributed by atoms with Crippen LogP contribution in [0.25, 0.3) is 0 Å². The molecule has 0 spiro atoms. The van der Waals surface area contributed by atoms with Crippen LogP contribution in [0.5, 0.6) is 0 Å². The summed E-state index contributed by atoms with van der Waals surface area (Å²) in [5.74, 6) is 0.616. The normalized spacial score (nSPS) is 25.1. The molecule has 4 rings (SSSR count). The van der Waals surface area contributed by atoms with Crippen LogP contribution in [0.2, 0.25) is 0 Å². The van der Waals surface area contributed by atoms with Crippen molar-refractivity contribution in [1.82, 2.24) is 0 Å². The number of furan rings is 1. The maximum absolute atomic E-state index is 12.9. The second-order valence-corrected chi connectivity index (χ2v) is 10.3. The minimum atomic E-state index is -2.95. The van der Waals surface area contributed by atoms with Crippen LogP contribution in [0.15, 0.2) is 22.8 Å². The van der Waals surface area contributed by atoms with E-state index in [1.807, 2.05) is 0 Å². The van der Waals surface area contributed by atoms with Gasteiger partial charge >= 0.3 is 0 Å². The Morgan fingerprint density at radius 3 is 2.84 bits per heavy atom. The maximum Gasteiger partial charge on any atom is 0.298 e. The summed E-state index contributed by atoms with van der Waals surface area (Å²) in [6.07, 6.45) is 2.16. The summed E-state index contributed by atoms with van der Waals surface area (Å²) in [7, 11) is -2.95. The molecule has 0 bridgehead atoms. The smallest absolute Gasteiger partial charge is 0.298 e. The lowest BCUT2D eigenvalue weighted by Crippen LogP contribution is -3.17. The molecule has 1 saturated heterocycles. The van der Waals surface area contributed by atoms with E-state index in [4.69, 9.17) is 4.42 Å². The lowest BCUT2D eigenvalue weighted by Gasteiger charge is -2.35. The molecule has 2 atom stereocenters. The van der Waals surface area contributed by atoms with Crippen molar-refractivity contribution >= 4 is 32.1 Å². The van der Waals surface area contributed by atoms with Gasteiger partial charge in [0.05, 0.1) is 12.0 Å². The van der Waals surface area contributed by atoms with Gasteiger partial charge in [0, 0.05) is 16.9 Å². The molecule has 25 heavy (non-hydrogen) atoms. The van der Waals surface area contributed by atoms with Gasteiger partial charge in [0.25, 0.3) is 5.91 Å². The molecule has 134 valence electrons. The summed E-state index contributed by atoms with van der Waals surface area (Å²) in [6, 6.07) is 3.42. The molecule has 2 aromatic rings. The third-order valence-electron chi connectivity index (χ3n) is 5.29. The van der Waals surface area contributed by atoms with Crippen LogP contribution in [-0.2, 0) is 16.4 Å². The number of carbonyl (C=O) groups excluding carboxylic acids is 1. The quantitative estimate of drug-likeness (QED) is 0.847. The third-order valence-corrected chi connectivity index (χ3v) is 8.33. The fourth-order valence-corrected chi connectivity index (χ4v) is 6.73. The molecular weight excluding hydrogens is 360 g/mol. The first-order valence-corrected chi connectivity index (χ1v) is 11.0. The van der Waals surface area contributed by atoms with Crippen LogP contribution in [-0.4, -0.2) is 38.5 Å². The van der Waals surface area contributed by atoms with Gasteiger partial charge in [0.2, 0.25) is 0 Å². The minimum absolute atomic E-state index is 0.0460. The SMILES string of the molecule is Cc1sc2c(c1C)C[NH+]([C@H]1CCS(=O)(=O)C1)CN2C(=O)c1ccco1. The van der Waals surface area contributed by atoms with Crippen molar-refractivity contribution in [2.75, 3.05) is 23.1 Å². The highest BCUT2D eigenvalue weighted by atomic mass is 32.2. The number of sulfone groups is 1. The Balaban J connectivity index is 1.71. The summed E-state index contributed by atoms with van der Waals surface area (Å²) in [6.45, 7) is 5.39. The second kappa shape index (κ2) is 5.96. The molecule has 1 amide bonds. The molecule has 0 aromatic carbocycles. The number of rotatable bonds is 2. The van der Waals surface area contributed by atoms with Crippen molar-refractivity contribution in [2.24, 2.45) is 0 Å². The lowest BCUT2D eigenvalue weighted by atomic mass is 10.1. The molecule has 6 nitrogen and oxygen atoms in total. The van der Waals surface area contributed by atoms with Crippen LogP contribution in [0.3, 0.4) is 0 Å². The molecule has 0 aliphatic carbocycles. The zero-order valence-corrected chi connectivity index (χ0v) is 15.9. The standard InChI is InChI=1S/C17H20N2O4S2/c1-11-12(2)24-17-14(11)8-18(13-5-7-25(21,22)9-13)10-19(17)16(20)15-4-3-6-23-15/h3-4,6,13H,5,7-10H2,1-2H3/p+1/t13-/m0/s1. The molecule has 1 fully saturated rings. The van der Waals surface area contributed by atoms with Crippen LogP contribution >= 0.6 is 11.3 Å². The van der Waals surface area contributed by atoms with Gasteiger partial charge in [-0.25, -0.2) is 13.3 Å². The number of thiophene rings is 1. The number of anilines is 1. The van der Waals surface area contributed by atoms with Crippen LogP contribution in [0.4, 0.5) is 5.00 Å². The Morgan fingerprint density at radius 2 is 2.20 bits per heavy atom. The van der Waals surface area contributed by atoms with Crippen molar-refractivity contribution in [3.63, 3.8) is 0 Å². The molecule has 4 heterocycles. The minimum Gasteiger partial charge on any atom is -0.459 e. The molecule has 0 saturated carbocycles. The van der Waals surface area contributed by atoms with Gasteiger partial charge in [-0.2, -0.15) is 0 Å². The Morgan fingerprint density at radius 1 is 1.40 bits per heavy atom. The third kappa shape index (κ3) is 2.92. The number of nitrogens with zero attached hydrogens (tertiary/aromatic N) is 1. The highest BCUT2D eigenvalue weighted by Crippen LogP contribution is 2.37.